The van der Waals surface area contributed by atoms with Crippen LogP contribution in [0.15, 0.2) is 0 Å². The number of aryl methyl sites for hydroxylation is 1. The zero-order chi connectivity index (χ0) is 15.5. The van der Waals surface area contributed by atoms with Gasteiger partial charge in [0.15, 0.2) is 0 Å². The Morgan fingerprint density at radius 1 is 1.25 bits per heavy atom. The van der Waals surface area contributed by atoms with Crippen molar-refractivity contribution >= 4 is 28.2 Å². The number of carbonyl (C=O) groups excluding carboxylic acids is 2. The Morgan fingerprint density at radius 3 is 2.35 bits per heavy atom. The minimum absolute atomic E-state index is 0.135. The second kappa shape index (κ2) is 6.37. The summed E-state index contributed by atoms with van der Waals surface area (Å²) in [6.45, 7) is 9.91. The number of methoxy groups -OCH3 is 1. The van der Waals surface area contributed by atoms with Crippen LogP contribution in [-0.2, 0) is 9.53 Å². The monoisotopic (exact) mass is 298 g/mol. The van der Waals surface area contributed by atoms with Gasteiger partial charge in [-0.15, -0.1) is 11.3 Å². The van der Waals surface area contributed by atoms with Crippen LogP contribution < -0.4 is 10.6 Å². The van der Waals surface area contributed by atoms with E-state index in [-0.39, 0.29) is 18.0 Å². The van der Waals surface area contributed by atoms with Crippen LogP contribution >= 0.6 is 11.3 Å². The lowest BCUT2D eigenvalue weighted by molar-refractivity contribution is -0.115. The summed E-state index contributed by atoms with van der Waals surface area (Å²) < 4.78 is 4.77. The highest BCUT2D eigenvalue weighted by Gasteiger charge is 2.21. The molecule has 0 unspecified atom stereocenters. The predicted molar refractivity (Wildman–Crippen MR) is 81.5 cm³/mol. The first-order valence-corrected chi connectivity index (χ1v) is 7.20. The number of ether oxygens (including phenoxy) is 1. The summed E-state index contributed by atoms with van der Waals surface area (Å²) in [5, 5.41) is 6.43. The van der Waals surface area contributed by atoms with E-state index in [1.165, 1.54) is 18.4 Å². The zero-order valence-electron chi connectivity index (χ0n) is 12.8. The van der Waals surface area contributed by atoms with Crippen LogP contribution in [0.3, 0.4) is 0 Å². The molecule has 0 spiro atoms. The molecule has 0 radical (unpaired) electrons. The minimum atomic E-state index is -0.425. The first-order chi connectivity index (χ1) is 9.15. The third-order valence-electron chi connectivity index (χ3n) is 2.81. The Bertz CT molecular complexity index is 515. The van der Waals surface area contributed by atoms with Gasteiger partial charge in [0.1, 0.15) is 5.00 Å². The van der Waals surface area contributed by atoms with Gasteiger partial charge in [0.2, 0.25) is 5.91 Å². The quantitative estimate of drug-likeness (QED) is 0.838. The molecule has 0 aliphatic carbocycles. The van der Waals surface area contributed by atoms with Crippen molar-refractivity contribution < 1.29 is 14.3 Å². The van der Waals surface area contributed by atoms with E-state index in [0.29, 0.717) is 10.6 Å². The van der Waals surface area contributed by atoms with Crippen molar-refractivity contribution in [2.75, 3.05) is 19.0 Å². The summed E-state index contributed by atoms with van der Waals surface area (Å²) in [6, 6.07) is 0. The number of hydrogen-bond acceptors (Lipinski definition) is 5. The van der Waals surface area contributed by atoms with E-state index in [1.807, 2.05) is 34.6 Å². The van der Waals surface area contributed by atoms with Crippen molar-refractivity contribution in [3.05, 3.63) is 16.0 Å². The first-order valence-electron chi connectivity index (χ1n) is 6.39. The van der Waals surface area contributed by atoms with Crippen LogP contribution in [0.25, 0.3) is 0 Å². The molecule has 0 saturated carbocycles. The summed E-state index contributed by atoms with van der Waals surface area (Å²) in [5.41, 5.74) is 1.16. The van der Waals surface area contributed by atoms with E-state index >= 15 is 0 Å². The molecule has 20 heavy (non-hydrogen) atoms. The third-order valence-corrected chi connectivity index (χ3v) is 3.93. The van der Waals surface area contributed by atoms with Gasteiger partial charge in [-0.1, -0.05) is 0 Å². The number of amides is 1. The second-order valence-electron chi connectivity index (χ2n) is 5.63. The molecule has 0 saturated heterocycles. The van der Waals surface area contributed by atoms with E-state index in [4.69, 9.17) is 4.74 Å². The van der Waals surface area contributed by atoms with Crippen LogP contribution in [0, 0.1) is 13.8 Å². The molecule has 6 heteroatoms. The second-order valence-corrected chi connectivity index (χ2v) is 6.86. The summed E-state index contributed by atoms with van der Waals surface area (Å²) in [6.07, 6.45) is 0. The lowest BCUT2D eigenvalue weighted by atomic mass is 10.1. The smallest absolute Gasteiger partial charge is 0.341 e. The Labute approximate surface area is 123 Å². The number of esters is 1. The molecular weight excluding hydrogens is 276 g/mol. The number of nitrogens with one attached hydrogen (secondary N) is 2. The number of anilines is 1. The molecule has 0 atom stereocenters. The van der Waals surface area contributed by atoms with E-state index in [2.05, 4.69) is 10.6 Å². The molecule has 0 fully saturated rings. The topological polar surface area (TPSA) is 67.4 Å². The van der Waals surface area contributed by atoms with Gasteiger partial charge in [-0.05, 0) is 40.2 Å². The van der Waals surface area contributed by atoms with Crippen molar-refractivity contribution in [2.24, 2.45) is 0 Å². The van der Waals surface area contributed by atoms with Crippen molar-refractivity contribution in [1.29, 1.82) is 0 Å². The molecule has 1 aromatic rings. The van der Waals surface area contributed by atoms with E-state index in [9.17, 15) is 9.59 Å². The third kappa shape index (κ3) is 4.31. The highest BCUT2D eigenvalue weighted by atomic mass is 32.1. The minimum Gasteiger partial charge on any atom is -0.465 e. The lowest BCUT2D eigenvalue weighted by Crippen LogP contribution is -2.41. The van der Waals surface area contributed by atoms with Gasteiger partial charge in [0.25, 0.3) is 0 Å². The number of carbonyl (C=O) groups is 2. The molecule has 0 bridgehead atoms. The predicted octanol–water partition coefficient (Wildman–Crippen LogP) is 2.48. The maximum absolute atomic E-state index is 11.9. The zero-order valence-corrected chi connectivity index (χ0v) is 13.7. The maximum atomic E-state index is 11.9. The first kappa shape index (κ1) is 16.7. The van der Waals surface area contributed by atoms with Crippen molar-refractivity contribution in [1.82, 2.24) is 5.32 Å². The molecule has 1 rings (SSSR count). The molecule has 2 N–H and O–H groups in total. The Balaban J connectivity index is 2.85. The molecule has 1 amide bonds. The molecule has 0 aliphatic heterocycles. The van der Waals surface area contributed by atoms with Crippen molar-refractivity contribution in [3.8, 4) is 0 Å². The van der Waals surface area contributed by atoms with E-state index in [1.54, 1.807) is 0 Å². The van der Waals surface area contributed by atoms with Gasteiger partial charge >= 0.3 is 5.97 Å². The van der Waals surface area contributed by atoms with Crippen LogP contribution in [0.2, 0.25) is 0 Å². The average Bonchev–Trinajstić information content (AvgIpc) is 2.61. The highest BCUT2D eigenvalue weighted by Crippen LogP contribution is 2.32. The normalized spacial score (nSPS) is 11.3. The average molecular weight is 298 g/mol. The molecule has 0 aromatic carbocycles. The Morgan fingerprint density at radius 2 is 1.85 bits per heavy atom. The van der Waals surface area contributed by atoms with Crippen LogP contribution in [0.1, 0.15) is 41.6 Å². The largest absolute Gasteiger partial charge is 0.465 e. The number of hydrogen-bond donors (Lipinski definition) is 2. The molecule has 1 heterocycles. The van der Waals surface area contributed by atoms with Gasteiger partial charge in [-0.25, -0.2) is 4.79 Å². The van der Waals surface area contributed by atoms with Gasteiger partial charge in [0, 0.05) is 10.4 Å². The van der Waals surface area contributed by atoms with Gasteiger partial charge in [0.05, 0.1) is 19.2 Å². The van der Waals surface area contributed by atoms with E-state index in [0.717, 1.165) is 10.4 Å². The molecule has 1 aromatic heterocycles. The van der Waals surface area contributed by atoms with E-state index < -0.39 is 5.97 Å². The van der Waals surface area contributed by atoms with Crippen LogP contribution in [-0.4, -0.2) is 31.1 Å². The molecule has 112 valence electrons. The fourth-order valence-electron chi connectivity index (χ4n) is 1.58. The molecular formula is C14H22N2O3S. The Hall–Kier alpha value is -1.40. The summed E-state index contributed by atoms with van der Waals surface area (Å²) in [4.78, 5) is 24.7. The Kier molecular flexibility index (Phi) is 5.30. The maximum Gasteiger partial charge on any atom is 0.341 e. The lowest BCUT2D eigenvalue weighted by Gasteiger charge is -2.19. The number of thiophene rings is 1. The van der Waals surface area contributed by atoms with Crippen LogP contribution in [0.4, 0.5) is 5.00 Å². The van der Waals surface area contributed by atoms with Gasteiger partial charge in [-0.2, -0.15) is 0 Å². The van der Waals surface area contributed by atoms with Gasteiger partial charge < -0.3 is 15.4 Å². The fourth-order valence-corrected chi connectivity index (χ4v) is 2.64. The molecule has 5 nitrogen and oxygen atoms in total. The summed E-state index contributed by atoms with van der Waals surface area (Å²) in [5.74, 6) is -0.600. The summed E-state index contributed by atoms with van der Waals surface area (Å²) >= 11 is 1.39. The number of rotatable bonds is 4. The highest BCUT2D eigenvalue weighted by molar-refractivity contribution is 7.16. The van der Waals surface area contributed by atoms with Crippen molar-refractivity contribution in [3.63, 3.8) is 0 Å². The molecule has 0 aliphatic rings. The fraction of sp³-hybridized carbons (Fsp3) is 0.571. The SMILES string of the molecule is COC(=O)c1c(NC(=O)CNC(C)(C)C)sc(C)c1C. The van der Waals surface area contributed by atoms with Gasteiger partial charge in [-0.3, -0.25) is 4.79 Å². The van der Waals surface area contributed by atoms with Crippen LogP contribution in [0.5, 0.6) is 0 Å². The summed E-state index contributed by atoms with van der Waals surface area (Å²) in [7, 11) is 1.33. The standard InChI is InChI=1S/C14H22N2O3S/c1-8-9(2)20-12(11(8)13(18)19-6)16-10(17)7-15-14(3,4)5/h15H,7H2,1-6H3,(H,16,17). The van der Waals surface area contributed by atoms with Crippen molar-refractivity contribution in [2.45, 2.75) is 40.2 Å².